The molecule has 1 N–H and O–H groups in total. The second-order valence-corrected chi connectivity index (χ2v) is 6.80. The quantitative estimate of drug-likeness (QED) is 0.418. The van der Waals surface area contributed by atoms with Crippen molar-refractivity contribution >= 4 is 29.9 Å². The van der Waals surface area contributed by atoms with Gasteiger partial charge < -0.3 is 19.7 Å². The average Bonchev–Trinajstić information content (AvgIpc) is 3.10. The zero-order valence-electron chi connectivity index (χ0n) is 15.4. The Morgan fingerprint density at radius 2 is 2.12 bits per heavy atom. The number of hydrogen-bond donors (Lipinski definition) is 1. The summed E-state index contributed by atoms with van der Waals surface area (Å²) in [6.45, 7) is 4.30. The van der Waals surface area contributed by atoms with Gasteiger partial charge in [-0.2, -0.15) is 0 Å². The van der Waals surface area contributed by atoms with Crippen molar-refractivity contribution in [3.8, 4) is 0 Å². The Balaban J connectivity index is 0.00000225. The second kappa shape index (κ2) is 9.19. The third-order valence-electron chi connectivity index (χ3n) is 5.02. The lowest BCUT2D eigenvalue weighted by molar-refractivity contribution is -0.194. The van der Waals surface area contributed by atoms with E-state index in [9.17, 15) is 0 Å². The van der Waals surface area contributed by atoms with Crippen LogP contribution in [0.5, 0.6) is 0 Å². The molecule has 2 fully saturated rings. The highest BCUT2D eigenvalue weighted by atomic mass is 127. The number of benzene rings is 1. The molecule has 0 bridgehead atoms. The topological polar surface area (TPSA) is 46.1 Å². The number of rotatable bonds is 5. The number of ether oxygens (including phenoxy) is 2. The first kappa shape index (κ1) is 20.5. The molecule has 3 atom stereocenters. The molecule has 1 spiro atoms. The summed E-state index contributed by atoms with van der Waals surface area (Å²) < 4.78 is 12.0. The molecule has 0 aromatic heterocycles. The third-order valence-corrected chi connectivity index (χ3v) is 5.02. The first-order chi connectivity index (χ1) is 11.7. The Morgan fingerprint density at radius 3 is 2.72 bits per heavy atom. The maximum absolute atomic E-state index is 6.14. The maximum Gasteiger partial charge on any atom is 0.194 e. The van der Waals surface area contributed by atoms with Crippen molar-refractivity contribution in [1.82, 2.24) is 10.2 Å². The van der Waals surface area contributed by atoms with Gasteiger partial charge in [0.05, 0.1) is 18.7 Å². The van der Waals surface area contributed by atoms with Crippen LogP contribution in [0.4, 0.5) is 0 Å². The Kier molecular flexibility index (Phi) is 7.51. The Hall–Kier alpha value is -0.860. The van der Waals surface area contributed by atoms with Crippen LogP contribution in [0.15, 0.2) is 35.3 Å². The van der Waals surface area contributed by atoms with Crippen LogP contribution in [0.2, 0.25) is 0 Å². The molecule has 1 saturated heterocycles. The van der Waals surface area contributed by atoms with Crippen molar-refractivity contribution < 1.29 is 9.47 Å². The van der Waals surface area contributed by atoms with Crippen LogP contribution in [0.1, 0.15) is 31.7 Å². The molecule has 1 aromatic rings. The first-order valence-corrected chi connectivity index (χ1v) is 8.93. The molecular formula is C19H30IN3O2. The Bertz CT molecular complexity index is 559. The van der Waals surface area contributed by atoms with Crippen molar-refractivity contribution in [3.63, 3.8) is 0 Å². The minimum Gasteiger partial charge on any atom is -0.375 e. The van der Waals surface area contributed by atoms with Crippen molar-refractivity contribution in [2.24, 2.45) is 4.99 Å². The van der Waals surface area contributed by atoms with Crippen LogP contribution in [-0.4, -0.2) is 55.9 Å². The maximum atomic E-state index is 6.14. The van der Waals surface area contributed by atoms with Gasteiger partial charge in [-0.05, 0) is 31.7 Å². The lowest BCUT2D eigenvalue weighted by Crippen LogP contribution is -2.70. The van der Waals surface area contributed by atoms with Gasteiger partial charge in [-0.3, -0.25) is 0 Å². The van der Waals surface area contributed by atoms with Gasteiger partial charge in [0.15, 0.2) is 5.96 Å². The normalized spacial score (nSPS) is 28.4. The first-order valence-electron chi connectivity index (χ1n) is 8.93. The van der Waals surface area contributed by atoms with E-state index < -0.39 is 0 Å². The largest absolute Gasteiger partial charge is 0.375 e. The zero-order valence-corrected chi connectivity index (χ0v) is 17.7. The summed E-state index contributed by atoms with van der Waals surface area (Å²) in [5.41, 5.74) is 1.05. The standard InChI is InChI=1S/C19H29N3O2.HI/c1-4-23-17-13-16(19(17)11-8-12-24-19)21-18(22(2)3)20-14-15-9-6-5-7-10-15;/h5-7,9-10,16-17H,4,8,11-14H2,1-3H3,(H,20,21);1H. The van der Waals surface area contributed by atoms with Gasteiger partial charge in [0, 0.05) is 27.3 Å². The van der Waals surface area contributed by atoms with Crippen molar-refractivity contribution in [3.05, 3.63) is 35.9 Å². The summed E-state index contributed by atoms with van der Waals surface area (Å²) in [6, 6.07) is 10.6. The van der Waals surface area contributed by atoms with E-state index in [1.165, 1.54) is 5.56 Å². The predicted octanol–water partition coefficient (Wildman–Crippen LogP) is 3.04. The molecule has 3 rings (SSSR count). The van der Waals surface area contributed by atoms with E-state index in [4.69, 9.17) is 14.5 Å². The van der Waals surface area contributed by atoms with E-state index in [1.54, 1.807) is 0 Å². The SMILES string of the molecule is CCOC1CC(NC(=NCc2ccccc2)N(C)C)C12CCCO2.I. The van der Waals surface area contributed by atoms with Crippen molar-refractivity contribution in [2.75, 3.05) is 27.3 Å². The van der Waals surface area contributed by atoms with Crippen molar-refractivity contribution in [1.29, 1.82) is 0 Å². The van der Waals surface area contributed by atoms with Gasteiger partial charge in [-0.25, -0.2) is 4.99 Å². The fraction of sp³-hybridized carbons (Fsp3) is 0.632. The summed E-state index contributed by atoms with van der Waals surface area (Å²) in [7, 11) is 4.05. The highest BCUT2D eigenvalue weighted by Crippen LogP contribution is 2.45. The van der Waals surface area contributed by atoms with Crippen molar-refractivity contribution in [2.45, 2.75) is 50.5 Å². The number of nitrogens with one attached hydrogen (secondary N) is 1. The molecule has 1 aliphatic heterocycles. The molecule has 0 radical (unpaired) electrons. The van der Waals surface area contributed by atoms with Gasteiger partial charge in [0.1, 0.15) is 5.60 Å². The minimum absolute atomic E-state index is 0. The smallest absolute Gasteiger partial charge is 0.194 e. The number of aliphatic imine (C=N–C) groups is 1. The molecule has 5 nitrogen and oxygen atoms in total. The van der Waals surface area contributed by atoms with Gasteiger partial charge in [0.2, 0.25) is 0 Å². The highest BCUT2D eigenvalue weighted by molar-refractivity contribution is 14.0. The molecule has 1 aromatic carbocycles. The Morgan fingerprint density at radius 1 is 1.36 bits per heavy atom. The molecule has 0 amide bonds. The lowest BCUT2D eigenvalue weighted by Gasteiger charge is -2.53. The van der Waals surface area contributed by atoms with Crippen LogP contribution < -0.4 is 5.32 Å². The molecule has 1 aliphatic carbocycles. The van der Waals surface area contributed by atoms with Crippen LogP contribution in [0.3, 0.4) is 0 Å². The second-order valence-electron chi connectivity index (χ2n) is 6.80. The van der Waals surface area contributed by atoms with Gasteiger partial charge in [0.25, 0.3) is 0 Å². The van der Waals surface area contributed by atoms with E-state index in [0.29, 0.717) is 6.54 Å². The summed E-state index contributed by atoms with van der Waals surface area (Å²) in [5.74, 6) is 0.911. The molecule has 1 saturated carbocycles. The lowest BCUT2D eigenvalue weighted by atomic mass is 9.70. The summed E-state index contributed by atoms with van der Waals surface area (Å²) >= 11 is 0. The van der Waals surface area contributed by atoms with Crippen LogP contribution in [0, 0.1) is 0 Å². The zero-order chi connectivity index (χ0) is 17.0. The fourth-order valence-electron chi connectivity index (χ4n) is 3.70. The number of halogens is 1. The van der Waals surface area contributed by atoms with Gasteiger partial charge in [-0.15, -0.1) is 24.0 Å². The summed E-state index contributed by atoms with van der Waals surface area (Å²) in [5, 5.41) is 3.62. The molecule has 3 unspecified atom stereocenters. The van der Waals surface area contributed by atoms with E-state index in [1.807, 2.05) is 37.2 Å². The average molecular weight is 459 g/mol. The molecule has 140 valence electrons. The molecular weight excluding hydrogens is 429 g/mol. The van der Waals surface area contributed by atoms with Gasteiger partial charge >= 0.3 is 0 Å². The monoisotopic (exact) mass is 459 g/mol. The van der Waals surface area contributed by atoms with E-state index in [0.717, 1.165) is 38.4 Å². The number of hydrogen-bond acceptors (Lipinski definition) is 3. The van der Waals surface area contributed by atoms with Crippen LogP contribution in [-0.2, 0) is 16.0 Å². The van der Waals surface area contributed by atoms with Crippen LogP contribution in [0.25, 0.3) is 0 Å². The minimum atomic E-state index is -0.167. The summed E-state index contributed by atoms with van der Waals surface area (Å²) in [6.07, 6.45) is 3.36. The van der Waals surface area contributed by atoms with Crippen LogP contribution >= 0.6 is 24.0 Å². The number of guanidine groups is 1. The third kappa shape index (κ3) is 4.46. The molecule has 2 aliphatic rings. The van der Waals surface area contributed by atoms with Gasteiger partial charge in [-0.1, -0.05) is 30.3 Å². The van der Waals surface area contributed by atoms with E-state index >= 15 is 0 Å². The highest BCUT2D eigenvalue weighted by Gasteiger charge is 2.59. The fourth-order valence-corrected chi connectivity index (χ4v) is 3.70. The van der Waals surface area contributed by atoms with E-state index in [-0.39, 0.29) is 41.7 Å². The Labute approximate surface area is 168 Å². The summed E-state index contributed by atoms with van der Waals surface area (Å²) in [4.78, 5) is 6.82. The molecule has 25 heavy (non-hydrogen) atoms. The van der Waals surface area contributed by atoms with E-state index in [2.05, 4.69) is 24.4 Å². The number of nitrogens with zero attached hydrogens (tertiary/aromatic N) is 2. The molecule has 6 heteroatoms. The molecule has 1 heterocycles. The predicted molar refractivity (Wildman–Crippen MR) is 112 cm³/mol.